The summed E-state index contributed by atoms with van der Waals surface area (Å²) in [6.07, 6.45) is 1.95. The Morgan fingerprint density at radius 1 is 1.22 bits per heavy atom. The number of carbonyl (C=O) groups is 1. The van der Waals surface area contributed by atoms with Crippen LogP contribution in [0.5, 0.6) is 0 Å². The highest BCUT2D eigenvalue weighted by molar-refractivity contribution is 7.91. The molecule has 2 amide bonds. The normalized spacial score (nSPS) is 26.5. The quantitative estimate of drug-likeness (QED) is 0.878. The number of amides is 2. The minimum atomic E-state index is -2.87. The van der Waals surface area contributed by atoms with Gasteiger partial charge in [0.1, 0.15) is 15.7 Å². The molecule has 1 saturated heterocycles. The van der Waals surface area contributed by atoms with Gasteiger partial charge in [-0.15, -0.1) is 0 Å². The van der Waals surface area contributed by atoms with E-state index in [4.69, 9.17) is 0 Å². The first kappa shape index (κ1) is 16.2. The lowest BCUT2D eigenvalue weighted by Gasteiger charge is -2.22. The second-order valence-electron chi connectivity index (χ2n) is 6.42. The summed E-state index contributed by atoms with van der Waals surface area (Å²) in [6.45, 7) is 0.485. The van der Waals surface area contributed by atoms with Crippen molar-refractivity contribution in [3.05, 3.63) is 35.6 Å². The van der Waals surface area contributed by atoms with Crippen molar-refractivity contribution in [2.75, 3.05) is 18.1 Å². The van der Waals surface area contributed by atoms with E-state index in [-0.39, 0.29) is 41.2 Å². The summed E-state index contributed by atoms with van der Waals surface area (Å²) in [5.41, 5.74) is 0.648. The number of hydrogen-bond acceptors (Lipinski definition) is 3. The van der Waals surface area contributed by atoms with Gasteiger partial charge in [0.05, 0.1) is 11.5 Å². The van der Waals surface area contributed by atoms with E-state index < -0.39 is 9.84 Å². The number of urea groups is 1. The summed E-state index contributed by atoms with van der Waals surface area (Å²) in [5, 5.41) is 5.65. The van der Waals surface area contributed by atoms with Crippen LogP contribution in [0, 0.1) is 11.7 Å². The van der Waals surface area contributed by atoms with Gasteiger partial charge in [-0.25, -0.2) is 17.6 Å². The Morgan fingerprint density at radius 2 is 1.91 bits per heavy atom. The van der Waals surface area contributed by atoms with Crippen LogP contribution in [0.3, 0.4) is 0 Å². The molecule has 1 heterocycles. The molecular weight excluding hydrogens is 319 g/mol. The summed E-state index contributed by atoms with van der Waals surface area (Å²) in [5.74, 6) is 0.441. The Balaban J connectivity index is 1.41. The lowest BCUT2D eigenvalue weighted by molar-refractivity contribution is 0.237. The molecule has 0 aromatic heterocycles. The zero-order valence-corrected chi connectivity index (χ0v) is 13.6. The highest BCUT2D eigenvalue weighted by atomic mass is 32.2. The van der Waals surface area contributed by atoms with Gasteiger partial charge in [-0.2, -0.15) is 0 Å². The molecule has 0 bridgehead atoms. The van der Waals surface area contributed by atoms with Gasteiger partial charge in [0.2, 0.25) is 0 Å². The third-order valence-electron chi connectivity index (χ3n) is 4.64. The minimum Gasteiger partial charge on any atom is -0.338 e. The highest BCUT2D eigenvalue weighted by Gasteiger charge is 2.41. The second-order valence-corrected chi connectivity index (χ2v) is 8.72. The zero-order valence-electron chi connectivity index (χ0n) is 12.8. The van der Waals surface area contributed by atoms with Gasteiger partial charge in [0.15, 0.2) is 0 Å². The molecule has 1 aromatic carbocycles. The third kappa shape index (κ3) is 4.22. The van der Waals surface area contributed by atoms with Gasteiger partial charge in [-0.1, -0.05) is 18.2 Å². The van der Waals surface area contributed by atoms with Crippen molar-refractivity contribution in [1.29, 1.82) is 0 Å². The molecule has 2 atom stereocenters. The van der Waals surface area contributed by atoms with Gasteiger partial charge in [-0.05, 0) is 36.8 Å². The molecule has 5 nitrogen and oxygen atoms in total. The molecule has 2 N–H and O–H groups in total. The molecule has 1 aliphatic heterocycles. The first-order valence-corrected chi connectivity index (χ1v) is 9.76. The Labute approximate surface area is 135 Å². The Kier molecular flexibility index (Phi) is 4.57. The van der Waals surface area contributed by atoms with Crippen molar-refractivity contribution in [1.82, 2.24) is 10.6 Å². The van der Waals surface area contributed by atoms with Crippen LogP contribution in [0.25, 0.3) is 0 Å². The zero-order chi connectivity index (χ0) is 16.4. The summed E-state index contributed by atoms with van der Waals surface area (Å²) in [7, 11) is -2.87. The van der Waals surface area contributed by atoms with Crippen molar-refractivity contribution in [2.24, 2.45) is 5.92 Å². The first-order valence-electron chi connectivity index (χ1n) is 7.94. The monoisotopic (exact) mass is 340 g/mol. The van der Waals surface area contributed by atoms with E-state index >= 15 is 0 Å². The number of rotatable bonds is 4. The first-order chi connectivity index (χ1) is 10.9. The van der Waals surface area contributed by atoms with Gasteiger partial charge in [-0.3, -0.25) is 0 Å². The minimum absolute atomic E-state index is 0.0290. The van der Waals surface area contributed by atoms with Crippen LogP contribution in [0.4, 0.5) is 9.18 Å². The molecule has 1 aromatic rings. The number of halogens is 1. The largest absolute Gasteiger partial charge is 0.338 e. The van der Waals surface area contributed by atoms with Crippen molar-refractivity contribution < 1.29 is 17.6 Å². The molecule has 1 saturated carbocycles. The van der Waals surface area contributed by atoms with Gasteiger partial charge in [0.25, 0.3) is 0 Å². The molecule has 3 rings (SSSR count). The predicted octanol–water partition coefficient (Wildman–Crippen LogP) is 1.81. The molecule has 7 heteroatoms. The lowest BCUT2D eigenvalue weighted by atomic mass is 10.0. The average Bonchev–Trinajstić information content (AvgIpc) is 3.25. The van der Waals surface area contributed by atoms with Crippen LogP contribution in [0.2, 0.25) is 0 Å². The van der Waals surface area contributed by atoms with E-state index in [1.54, 1.807) is 18.2 Å². The topological polar surface area (TPSA) is 75.3 Å². The number of hydrogen-bond donors (Lipinski definition) is 2. The molecule has 0 spiro atoms. The smallest absolute Gasteiger partial charge is 0.315 e. The maximum absolute atomic E-state index is 13.7. The van der Waals surface area contributed by atoms with E-state index in [1.165, 1.54) is 6.07 Å². The molecule has 0 unspecified atom stereocenters. The Bertz CT molecular complexity index is 678. The van der Waals surface area contributed by atoms with Crippen LogP contribution in [-0.2, 0) is 9.84 Å². The molecule has 23 heavy (non-hydrogen) atoms. The fraction of sp³-hybridized carbons (Fsp3) is 0.562. The standard InChI is InChI=1S/C16H21FN2O3S/c17-14-4-2-1-3-12(14)13-9-15(13)19-16(20)18-10-11-5-7-23(21,22)8-6-11/h1-4,11,13,15H,5-10H2,(H2,18,19,20)/t13-,15+/m1/s1. The van der Waals surface area contributed by atoms with E-state index in [0.717, 1.165) is 6.42 Å². The fourth-order valence-corrected chi connectivity index (χ4v) is 4.66. The second kappa shape index (κ2) is 6.47. The third-order valence-corrected chi connectivity index (χ3v) is 6.35. The van der Waals surface area contributed by atoms with Crippen LogP contribution in [0.1, 0.15) is 30.7 Å². The summed E-state index contributed by atoms with van der Waals surface area (Å²) < 4.78 is 36.4. The predicted molar refractivity (Wildman–Crippen MR) is 85.5 cm³/mol. The summed E-state index contributed by atoms with van der Waals surface area (Å²) in [4.78, 5) is 11.9. The molecule has 126 valence electrons. The maximum atomic E-state index is 13.7. The fourth-order valence-electron chi connectivity index (χ4n) is 3.07. The maximum Gasteiger partial charge on any atom is 0.315 e. The molecule has 2 fully saturated rings. The highest BCUT2D eigenvalue weighted by Crippen LogP contribution is 2.41. The Morgan fingerprint density at radius 3 is 2.61 bits per heavy atom. The van der Waals surface area contributed by atoms with E-state index in [0.29, 0.717) is 24.9 Å². The number of nitrogens with one attached hydrogen (secondary N) is 2. The Hall–Kier alpha value is -1.63. The van der Waals surface area contributed by atoms with Crippen molar-refractivity contribution >= 4 is 15.9 Å². The van der Waals surface area contributed by atoms with Gasteiger partial charge in [0, 0.05) is 18.5 Å². The van der Waals surface area contributed by atoms with Gasteiger partial charge >= 0.3 is 6.03 Å². The van der Waals surface area contributed by atoms with Crippen LogP contribution < -0.4 is 10.6 Å². The van der Waals surface area contributed by atoms with E-state index in [9.17, 15) is 17.6 Å². The van der Waals surface area contributed by atoms with E-state index in [1.807, 2.05) is 0 Å². The number of carbonyl (C=O) groups excluding carboxylic acids is 1. The average molecular weight is 340 g/mol. The lowest BCUT2D eigenvalue weighted by Crippen LogP contribution is -2.41. The molecule has 1 aliphatic carbocycles. The molecule has 2 aliphatic rings. The molecular formula is C16H21FN2O3S. The van der Waals surface area contributed by atoms with Crippen molar-refractivity contribution in [2.45, 2.75) is 31.2 Å². The SMILES string of the molecule is O=C(NCC1CCS(=O)(=O)CC1)N[C@H]1C[C@@H]1c1ccccc1F. The van der Waals surface area contributed by atoms with Crippen molar-refractivity contribution in [3.8, 4) is 0 Å². The number of sulfone groups is 1. The van der Waals surface area contributed by atoms with Crippen LogP contribution in [-0.4, -0.2) is 38.5 Å². The van der Waals surface area contributed by atoms with Crippen LogP contribution in [0.15, 0.2) is 24.3 Å². The summed E-state index contributed by atoms with van der Waals surface area (Å²) in [6, 6.07) is 6.34. The summed E-state index contributed by atoms with van der Waals surface area (Å²) >= 11 is 0. The van der Waals surface area contributed by atoms with Gasteiger partial charge < -0.3 is 10.6 Å². The number of benzene rings is 1. The van der Waals surface area contributed by atoms with E-state index in [2.05, 4.69) is 10.6 Å². The molecule has 0 radical (unpaired) electrons. The van der Waals surface area contributed by atoms with Crippen molar-refractivity contribution in [3.63, 3.8) is 0 Å². The van der Waals surface area contributed by atoms with Crippen LogP contribution >= 0.6 is 0 Å².